The highest BCUT2D eigenvalue weighted by Gasteiger charge is 2.20. The molecule has 0 saturated heterocycles. The topological polar surface area (TPSA) is 52.3 Å². The third kappa shape index (κ3) is 4.61. The van der Waals surface area contributed by atoms with E-state index in [9.17, 15) is 4.79 Å². The van der Waals surface area contributed by atoms with Crippen molar-refractivity contribution in [3.63, 3.8) is 0 Å². The Hall–Kier alpha value is -0.570. The van der Waals surface area contributed by atoms with E-state index in [1.807, 2.05) is 27.7 Å². The van der Waals surface area contributed by atoms with Gasteiger partial charge in [0.05, 0.1) is 5.92 Å². The zero-order valence-electron chi connectivity index (χ0n) is 9.75. The Labute approximate surface area is 87.0 Å². The zero-order chi connectivity index (χ0) is 11.1. The minimum Gasteiger partial charge on any atom is -0.462 e. The second-order valence-corrected chi connectivity index (χ2v) is 4.11. The third-order valence-corrected chi connectivity index (χ3v) is 2.50. The molecular formula is C11H23NO2. The minimum absolute atomic E-state index is 0.0200. The van der Waals surface area contributed by atoms with Crippen LogP contribution in [-0.2, 0) is 9.53 Å². The van der Waals surface area contributed by atoms with Gasteiger partial charge in [-0.15, -0.1) is 0 Å². The quantitative estimate of drug-likeness (QED) is 0.668. The molecular weight excluding hydrogens is 178 g/mol. The van der Waals surface area contributed by atoms with Gasteiger partial charge in [0.15, 0.2) is 0 Å². The molecule has 0 rings (SSSR count). The number of carbonyl (C=O) groups is 1. The van der Waals surface area contributed by atoms with Crippen molar-refractivity contribution in [2.45, 2.75) is 46.6 Å². The standard InChI is InChI=1S/C11H23NO2/c1-5-6-10(7-12)11(13)14-9(4)8(2)3/h8-10H,5-7,12H2,1-4H3. The monoisotopic (exact) mass is 201 g/mol. The van der Waals surface area contributed by atoms with Gasteiger partial charge in [-0.25, -0.2) is 0 Å². The van der Waals surface area contributed by atoms with Gasteiger partial charge in [0.1, 0.15) is 6.10 Å². The molecule has 0 aromatic rings. The highest BCUT2D eigenvalue weighted by molar-refractivity contribution is 5.72. The van der Waals surface area contributed by atoms with Gasteiger partial charge in [-0.2, -0.15) is 0 Å². The normalized spacial score (nSPS) is 15.3. The largest absolute Gasteiger partial charge is 0.462 e. The summed E-state index contributed by atoms with van der Waals surface area (Å²) in [6.07, 6.45) is 1.76. The molecule has 14 heavy (non-hydrogen) atoms. The van der Waals surface area contributed by atoms with Crippen LogP contribution in [0.15, 0.2) is 0 Å². The van der Waals surface area contributed by atoms with Crippen molar-refractivity contribution < 1.29 is 9.53 Å². The fourth-order valence-corrected chi connectivity index (χ4v) is 1.10. The molecule has 0 aliphatic rings. The lowest BCUT2D eigenvalue weighted by Crippen LogP contribution is -2.30. The Morgan fingerprint density at radius 2 is 1.93 bits per heavy atom. The molecule has 0 spiro atoms. The van der Waals surface area contributed by atoms with E-state index in [4.69, 9.17) is 10.5 Å². The molecule has 0 aromatic heterocycles. The number of hydrogen-bond acceptors (Lipinski definition) is 3. The van der Waals surface area contributed by atoms with Crippen LogP contribution in [0.4, 0.5) is 0 Å². The Balaban J connectivity index is 4.03. The Bertz CT molecular complexity index is 169. The van der Waals surface area contributed by atoms with E-state index >= 15 is 0 Å². The second kappa shape index (κ2) is 6.82. The van der Waals surface area contributed by atoms with Crippen molar-refractivity contribution in [2.75, 3.05) is 6.54 Å². The van der Waals surface area contributed by atoms with Crippen LogP contribution in [-0.4, -0.2) is 18.6 Å². The lowest BCUT2D eigenvalue weighted by Gasteiger charge is -2.20. The fourth-order valence-electron chi connectivity index (χ4n) is 1.10. The summed E-state index contributed by atoms with van der Waals surface area (Å²) in [4.78, 5) is 11.6. The zero-order valence-corrected chi connectivity index (χ0v) is 9.75. The first-order valence-corrected chi connectivity index (χ1v) is 5.43. The molecule has 2 N–H and O–H groups in total. The van der Waals surface area contributed by atoms with Gasteiger partial charge in [-0.1, -0.05) is 27.2 Å². The average molecular weight is 201 g/mol. The third-order valence-electron chi connectivity index (χ3n) is 2.50. The van der Waals surface area contributed by atoms with E-state index in [-0.39, 0.29) is 18.0 Å². The molecule has 0 radical (unpaired) electrons. The molecule has 0 heterocycles. The number of hydrogen-bond donors (Lipinski definition) is 1. The predicted octanol–water partition coefficient (Wildman–Crippen LogP) is 1.95. The SMILES string of the molecule is CCCC(CN)C(=O)OC(C)C(C)C. The smallest absolute Gasteiger partial charge is 0.310 e. The maximum Gasteiger partial charge on any atom is 0.310 e. The maximum absolute atomic E-state index is 11.6. The Morgan fingerprint density at radius 1 is 1.36 bits per heavy atom. The van der Waals surface area contributed by atoms with Crippen LogP contribution < -0.4 is 5.73 Å². The molecule has 3 nitrogen and oxygen atoms in total. The van der Waals surface area contributed by atoms with Crippen molar-refractivity contribution >= 4 is 5.97 Å². The van der Waals surface area contributed by atoms with Gasteiger partial charge in [0, 0.05) is 6.54 Å². The van der Waals surface area contributed by atoms with Crippen molar-refractivity contribution in [2.24, 2.45) is 17.6 Å². The van der Waals surface area contributed by atoms with Gasteiger partial charge in [-0.3, -0.25) is 4.79 Å². The van der Waals surface area contributed by atoms with E-state index in [0.29, 0.717) is 12.5 Å². The summed E-state index contributed by atoms with van der Waals surface area (Å²) in [6.45, 7) is 8.42. The number of ether oxygens (including phenoxy) is 1. The number of esters is 1. The van der Waals surface area contributed by atoms with Crippen LogP contribution in [0.5, 0.6) is 0 Å². The van der Waals surface area contributed by atoms with Gasteiger partial charge in [0.2, 0.25) is 0 Å². The lowest BCUT2D eigenvalue weighted by molar-refractivity contribution is -0.155. The minimum atomic E-state index is -0.143. The van der Waals surface area contributed by atoms with E-state index in [1.54, 1.807) is 0 Å². The van der Waals surface area contributed by atoms with Crippen LogP contribution in [0.2, 0.25) is 0 Å². The first-order chi connectivity index (χ1) is 6.52. The number of rotatable bonds is 6. The molecule has 84 valence electrons. The molecule has 3 heteroatoms. The van der Waals surface area contributed by atoms with Crippen molar-refractivity contribution in [1.29, 1.82) is 0 Å². The molecule has 0 saturated carbocycles. The Kier molecular flexibility index (Phi) is 6.54. The Morgan fingerprint density at radius 3 is 2.29 bits per heavy atom. The van der Waals surface area contributed by atoms with Gasteiger partial charge >= 0.3 is 5.97 Å². The first-order valence-electron chi connectivity index (χ1n) is 5.43. The summed E-state index contributed by atoms with van der Waals surface area (Å²) < 4.78 is 5.30. The highest BCUT2D eigenvalue weighted by Crippen LogP contribution is 2.12. The van der Waals surface area contributed by atoms with Gasteiger partial charge in [-0.05, 0) is 19.3 Å². The van der Waals surface area contributed by atoms with E-state index in [2.05, 4.69) is 0 Å². The van der Waals surface area contributed by atoms with Crippen molar-refractivity contribution in [3.05, 3.63) is 0 Å². The van der Waals surface area contributed by atoms with Crippen LogP contribution >= 0.6 is 0 Å². The summed E-state index contributed by atoms with van der Waals surface area (Å²) >= 11 is 0. The summed E-state index contributed by atoms with van der Waals surface area (Å²) in [7, 11) is 0. The molecule has 0 fully saturated rings. The van der Waals surface area contributed by atoms with Crippen LogP contribution in [0.3, 0.4) is 0 Å². The van der Waals surface area contributed by atoms with Gasteiger partial charge in [0.25, 0.3) is 0 Å². The maximum atomic E-state index is 11.6. The molecule has 2 unspecified atom stereocenters. The fraction of sp³-hybridized carbons (Fsp3) is 0.909. The van der Waals surface area contributed by atoms with Crippen molar-refractivity contribution in [3.8, 4) is 0 Å². The summed E-state index contributed by atoms with van der Waals surface area (Å²) in [5, 5.41) is 0. The molecule has 0 aliphatic carbocycles. The first kappa shape index (κ1) is 13.4. The van der Waals surface area contributed by atoms with Crippen molar-refractivity contribution in [1.82, 2.24) is 0 Å². The summed E-state index contributed by atoms with van der Waals surface area (Å²) in [6, 6.07) is 0. The summed E-state index contributed by atoms with van der Waals surface area (Å²) in [5.41, 5.74) is 5.51. The van der Waals surface area contributed by atoms with Gasteiger partial charge < -0.3 is 10.5 Å². The molecule has 0 bridgehead atoms. The number of carbonyl (C=O) groups excluding carboxylic acids is 1. The van der Waals surface area contributed by atoms with E-state index < -0.39 is 0 Å². The molecule has 0 aliphatic heterocycles. The van der Waals surface area contributed by atoms with E-state index in [1.165, 1.54) is 0 Å². The highest BCUT2D eigenvalue weighted by atomic mass is 16.5. The summed E-state index contributed by atoms with van der Waals surface area (Å²) in [5.74, 6) is 0.0933. The van der Waals surface area contributed by atoms with Crippen LogP contribution in [0.25, 0.3) is 0 Å². The second-order valence-electron chi connectivity index (χ2n) is 4.11. The molecule has 2 atom stereocenters. The van der Waals surface area contributed by atoms with E-state index in [0.717, 1.165) is 12.8 Å². The predicted molar refractivity (Wildman–Crippen MR) is 57.8 cm³/mol. The number of nitrogens with two attached hydrogens (primary N) is 1. The lowest BCUT2D eigenvalue weighted by atomic mass is 10.0. The van der Waals surface area contributed by atoms with Crippen LogP contribution in [0.1, 0.15) is 40.5 Å². The van der Waals surface area contributed by atoms with Crippen LogP contribution in [0, 0.1) is 11.8 Å². The average Bonchev–Trinajstić information content (AvgIpc) is 2.13. The molecule has 0 amide bonds. The molecule has 0 aromatic carbocycles.